The molecule has 1 heterocycles. The first kappa shape index (κ1) is 18.1. The van der Waals surface area contributed by atoms with Gasteiger partial charge in [0.2, 0.25) is 10.0 Å². The lowest BCUT2D eigenvalue weighted by Crippen LogP contribution is -2.29. The molecule has 1 fully saturated rings. The van der Waals surface area contributed by atoms with Crippen LogP contribution < -0.4 is 0 Å². The molecule has 8 heteroatoms. The van der Waals surface area contributed by atoms with Gasteiger partial charge >= 0.3 is 5.97 Å². The van der Waals surface area contributed by atoms with Crippen LogP contribution >= 0.6 is 11.6 Å². The number of carbonyl (C=O) groups is 2. The highest BCUT2D eigenvalue weighted by Gasteiger charge is 2.32. The molecule has 0 unspecified atom stereocenters. The van der Waals surface area contributed by atoms with Crippen LogP contribution in [0.5, 0.6) is 0 Å². The fraction of sp³-hybridized carbons (Fsp3) is 0.412. The number of esters is 1. The van der Waals surface area contributed by atoms with Crippen molar-refractivity contribution in [2.45, 2.75) is 37.0 Å². The average molecular weight is 384 g/mol. The summed E-state index contributed by atoms with van der Waals surface area (Å²) in [5, 5.41) is 0.224. The lowest BCUT2D eigenvalue weighted by molar-refractivity contribution is -0.115. The minimum atomic E-state index is -3.83. The first-order valence-corrected chi connectivity index (χ1v) is 9.95. The number of carbonyl (C=O) groups excluding carboxylic acids is 2. The van der Waals surface area contributed by atoms with Crippen LogP contribution in [0.1, 0.15) is 42.5 Å². The average Bonchev–Trinajstić information content (AvgIpc) is 3.10. The normalized spacial score (nSPS) is 18.9. The van der Waals surface area contributed by atoms with E-state index in [4.69, 9.17) is 16.3 Å². The number of hydrogen-bond donors (Lipinski definition) is 0. The van der Waals surface area contributed by atoms with Crippen LogP contribution in [0.2, 0.25) is 5.02 Å². The maximum atomic E-state index is 12.8. The van der Waals surface area contributed by atoms with E-state index in [1.54, 1.807) is 0 Å². The Labute approximate surface area is 151 Å². The number of sulfonamides is 1. The van der Waals surface area contributed by atoms with E-state index in [9.17, 15) is 18.0 Å². The molecular weight excluding hydrogens is 366 g/mol. The molecule has 0 spiro atoms. The van der Waals surface area contributed by atoms with Crippen LogP contribution in [-0.2, 0) is 19.6 Å². The number of ether oxygens (including phenoxy) is 1. The standard InChI is InChI=1S/C17H18ClNO5S/c18-12-6-7-15(17(21)24-14-5-3-4-13(20)11-14)16(10-12)25(22,23)19-8-1-2-9-19/h6-7,10-11H,1-5,8-9H2. The molecule has 1 aromatic carbocycles. The minimum absolute atomic E-state index is 0.0739. The van der Waals surface area contributed by atoms with Gasteiger partial charge in [-0.25, -0.2) is 13.2 Å². The van der Waals surface area contributed by atoms with Crippen molar-refractivity contribution in [2.75, 3.05) is 13.1 Å². The lowest BCUT2D eigenvalue weighted by atomic mass is 10.1. The number of rotatable bonds is 4. The third kappa shape index (κ3) is 3.94. The molecule has 3 rings (SSSR count). The summed E-state index contributed by atoms with van der Waals surface area (Å²) in [5.74, 6) is -0.633. The van der Waals surface area contributed by atoms with Crippen LogP contribution in [0.4, 0.5) is 0 Å². The molecule has 134 valence electrons. The van der Waals surface area contributed by atoms with Crippen molar-refractivity contribution >= 4 is 33.4 Å². The summed E-state index contributed by atoms with van der Waals surface area (Å²) in [6.07, 6.45) is 4.38. The first-order valence-electron chi connectivity index (χ1n) is 8.13. The van der Waals surface area contributed by atoms with Gasteiger partial charge in [0.25, 0.3) is 0 Å². The fourth-order valence-electron chi connectivity index (χ4n) is 2.96. The quantitative estimate of drug-likeness (QED) is 0.747. The molecule has 0 atom stereocenters. The third-order valence-corrected chi connectivity index (χ3v) is 6.41. The van der Waals surface area contributed by atoms with E-state index in [1.165, 1.54) is 28.6 Å². The maximum absolute atomic E-state index is 12.8. The Kier molecular flexibility index (Phi) is 5.27. The second-order valence-electron chi connectivity index (χ2n) is 6.07. The summed E-state index contributed by atoms with van der Waals surface area (Å²) < 4.78 is 32.3. The Balaban J connectivity index is 1.94. The van der Waals surface area contributed by atoms with Gasteiger partial charge < -0.3 is 4.74 Å². The predicted octanol–water partition coefficient (Wildman–Crippen LogP) is 2.92. The molecule has 0 amide bonds. The molecule has 1 saturated heterocycles. The van der Waals surface area contributed by atoms with Gasteiger partial charge in [-0.2, -0.15) is 4.31 Å². The van der Waals surface area contributed by atoms with Crippen molar-refractivity contribution in [2.24, 2.45) is 0 Å². The largest absolute Gasteiger partial charge is 0.427 e. The summed E-state index contributed by atoms with van der Waals surface area (Å²) in [6, 6.07) is 4.06. The smallest absolute Gasteiger partial charge is 0.344 e. The van der Waals surface area contributed by atoms with Crippen LogP contribution in [0, 0.1) is 0 Å². The van der Waals surface area contributed by atoms with Crippen molar-refractivity contribution in [3.63, 3.8) is 0 Å². The van der Waals surface area contributed by atoms with E-state index in [0.29, 0.717) is 32.4 Å². The molecule has 0 N–H and O–H groups in total. The van der Waals surface area contributed by atoms with Gasteiger partial charge in [0, 0.05) is 37.0 Å². The van der Waals surface area contributed by atoms with Crippen molar-refractivity contribution in [1.29, 1.82) is 0 Å². The Morgan fingerprint density at radius 2 is 1.84 bits per heavy atom. The van der Waals surface area contributed by atoms with Gasteiger partial charge in [0.05, 0.1) is 10.5 Å². The third-order valence-electron chi connectivity index (χ3n) is 4.24. The van der Waals surface area contributed by atoms with Gasteiger partial charge in [0.1, 0.15) is 5.76 Å². The Bertz CT molecular complexity index is 841. The number of halogens is 1. The number of nitrogens with zero attached hydrogens (tertiary/aromatic N) is 1. The second kappa shape index (κ2) is 7.27. The van der Waals surface area contributed by atoms with Crippen LogP contribution in [0.3, 0.4) is 0 Å². The van der Waals surface area contributed by atoms with Gasteiger partial charge in [-0.3, -0.25) is 4.79 Å². The van der Waals surface area contributed by atoms with E-state index in [2.05, 4.69) is 0 Å². The van der Waals surface area contributed by atoms with E-state index in [1.807, 2.05) is 0 Å². The summed E-state index contributed by atoms with van der Waals surface area (Å²) in [5.41, 5.74) is -0.0739. The summed E-state index contributed by atoms with van der Waals surface area (Å²) >= 11 is 5.95. The van der Waals surface area contributed by atoms with E-state index < -0.39 is 16.0 Å². The van der Waals surface area contributed by atoms with Gasteiger partial charge in [0.15, 0.2) is 5.78 Å². The molecule has 1 aliphatic carbocycles. The monoisotopic (exact) mass is 383 g/mol. The fourth-order valence-corrected chi connectivity index (χ4v) is 4.92. The zero-order chi connectivity index (χ0) is 18.0. The summed E-state index contributed by atoms with van der Waals surface area (Å²) in [6.45, 7) is 0.839. The highest BCUT2D eigenvalue weighted by Crippen LogP contribution is 2.28. The highest BCUT2D eigenvalue weighted by molar-refractivity contribution is 7.89. The predicted molar refractivity (Wildman–Crippen MR) is 91.8 cm³/mol. The molecule has 25 heavy (non-hydrogen) atoms. The molecule has 1 aromatic rings. The number of benzene rings is 1. The molecule has 6 nitrogen and oxygen atoms in total. The molecule has 0 saturated carbocycles. The van der Waals surface area contributed by atoms with E-state index in [0.717, 1.165) is 12.8 Å². The second-order valence-corrected chi connectivity index (χ2v) is 8.41. The summed E-state index contributed by atoms with van der Waals surface area (Å²) in [7, 11) is -3.83. The zero-order valence-corrected chi connectivity index (χ0v) is 15.1. The first-order chi connectivity index (χ1) is 11.9. The molecular formula is C17H18ClNO5S. The maximum Gasteiger partial charge on any atom is 0.344 e. The Hall–Kier alpha value is -1.70. The Morgan fingerprint density at radius 1 is 1.12 bits per heavy atom. The SMILES string of the molecule is O=C1C=C(OC(=O)c2ccc(Cl)cc2S(=O)(=O)N2CCCC2)CCC1. The lowest BCUT2D eigenvalue weighted by Gasteiger charge is -2.18. The molecule has 2 aliphatic rings. The molecule has 0 bridgehead atoms. The Morgan fingerprint density at radius 3 is 2.52 bits per heavy atom. The minimum Gasteiger partial charge on any atom is -0.427 e. The molecule has 1 aliphatic heterocycles. The van der Waals surface area contributed by atoms with Crippen LogP contribution in [0.25, 0.3) is 0 Å². The number of allylic oxidation sites excluding steroid dienone is 2. The van der Waals surface area contributed by atoms with Crippen molar-refractivity contribution < 1.29 is 22.7 Å². The summed E-state index contributed by atoms with van der Waals surface area (Å²) in [4.78, 5) is 23.8. The van der Waals surface area contributed by atoms with Crippen molar-refractivity contribution in [1.82, 2.24) is 4.31 Å². The number of hydrogen-bond acceptors (Lipinski definition) is 5. The number of ketones is 1. The highest BCUT2D eigenvalue weighted by atomic mass is 35.5. The van der Waals surface area contributed by atoms with Crippen molar-refractivity contribution in [3.8, 4) is 0 Å². The molecule has 0 aromatic heterocycles. The van der Waals surface area contributed by atoms with Gasteiger partial charge in [-0.05, 0) is 37.5 Å². The van der Waals surface area contributed by atoms with E-state index in [-0.39, 0.29) is 27.0 Å². The van der Waals surface area contributed by atoms with Crippen LogP contribution in [-0.4, -0.2) is 37.6 Å². The molecule has 0 radical (unpaired) electrons. The van der Waals surface area contributed by atoms with Gasteiger partial charge in [-0.1, -0.05) is 11.6 Å². The van der Waals surface area contributed by atoms with Crippen LogP contribution in [0.15, 0.2) is 34.9 Å². The van der Waals surface area contributed by atoms with Gasteiger partial charge in [-0.15, -0.1) is 0 Å². The topological polar surface area (TPSA) is 80.8 Å². The zero-order valence-electron chi connectivity index (χ0n) is 13.5. The van der Waals surface area contributed by atoms with Crippen molar-refractivity contribution in [3.05, 3.63) is 40.6 Å². The van der Waals surface area contributed by atoms with E-state index >= 15 is 0 Å².